The van der Waals surface area contributed by atoms with Crippen LogP contribution in [0.3, 0.4) is 0 Å². The van der Waals surface area contributed by atoms with Gasteiger partial charge in [-0.05, 0) is 39.2 Å². The standard InChI is InChI=1S/C21H32N2O5/c1-20(2,3)28-19(25)22-16-21(26-4)10-12-23(13-11-21)14-18(24)27-15-17-8-6-5-7-9-17/h5-9H,10-16H2,1-4H3,(H,22,25). The molecule has 0 atom stereocenters. The molecule has 1 amide bonds. The van der Waals surface area contributed by atoms with E-state index in [1.54, 1.807) is 7.11 Å². The molecule has 2 rings (SSSR count). The van der Waals surface area contributed by atoms with Gasteiger partial charge in [-0.25, -0.2) is 4.79 Å². The number of hydrogen-bond acceptors (Lipinski definition) is 6. The van der Waals surface area contributed by atoms with Crippen molar-refractivity contribution in [3.8, 4) is 0 Å². The summed E-state index contributed by atoms with van der Waals surface area (Å²) in [6.07, 6.45) is 0.979. The van der Waals surface area contributed by atoms with Gasteiger partial charge in [0, 0.05) is 26.7 Å². The molecule has 1 aromatic rings. The van der Waals surface area contributed by atoms with Gasteiger partial charge in [-0.3, -0.25) is 9.69 Å². The summed E-state index contributed by atoms with van der Waals surface area (Å²) in [6.45, 7) is 7.80. The fraction of sp³-hybridized carbons (Fsp3) is 0.619. The minimum absolute atomic E-state index is 0.236. The summed E-state index contributed by atoms with van der Waals surface area (Å²) in [4.78, 5) is 26.0. The molecule has 0 radical (unpaired) electrons. The van der Waals surface area contributed by atoms with E-state index in [0.29, 0.717) is 32.5 Å². The van der Waals surface area contributed by atoms with Gasteiger partial charge in [0.2, 0.25) is 0 Å². The first-order valence-corrected chi connectivity index (χ1v) is 9.65. The Bertz CT molecular complexity index is 634. The molecule has 156 valence electrons. The van der Waals surface area contributed by atoms with E-state index in [0.717, 1.165) is 5.56 Å². The number of ether oxygens (including phenoxy) is 3. The Kier molecular flexibility index (Phi) is 7.83. The second-order valence-electron chi connectivity index (χ2n) is 8.17. The average Bonchev–Trinajstić information content (AvgIpc) is 2.66. The largest absolute Gasteiger partial charge is 0.460 e. The molecule has 7 nitrogen and oxygen atoms in total. The molecule has 0 spiro atoms. The van der Waals surface area contributed by atoms with Crippen molar-refractivity contribution in [3.05, 3.63) is 35.9 Å². The predicted octanol–water partition coefficient (Wildman–Crippen LogP) is 2.74. The highest BCUT2D eigenvalue weighted by Crippen LogP contribution is 2.25. The Morgan fingerprint density at radius 2 is 1.79 bits per heavy atom. The third kappa shape index (κ3) is 7.48. The monoisotopic (exact) mass is 392 g/mol. The van der Waals surface area contributed by atoms with Crippen LogP contribution >= 0.6 is 0 Å². The van der Waals surface area contributed by atoms with Crippen LogP contribution in [0.4, 0.5) is 4.79 Å². The third-order valence-electron chi connectivity index (χ3n) is 4.75. The number of nitrogens with zero attached hydrogens (tertiary/aromatic N) is 1. The highest BCUT2D eigenvalue weighted by molar-refractivity contribution is 5.71. The second kappa shape index (κ2) is 9.89. The first kappa shape index (κ1) is 22.2. The van der Waals surface area contributed by atoms with Crippen LogP contribution in [0.2, 0.25) is 0 Å². The topological polar surface area (TPSA) is 77.1 Å². The van der Waals surface area contributed by atoms with Crippen molar-refractivity contribution in [1.29, 1.82) is 0 Å². The summed E-state index contributed by atoms with van der Waals surface area (Å²) in [5.41, 5.74) is -0.00379. The molecule has 28 heavy (non-hydrogen) atoms. The second-order valence-corrected chi connectivity index (χ2v) is 8.17. The SMILES string of the molecule is COC1(CNC(=O)OC(C)(C)C)CCN(CC(=O)OCc2ccccc2)CC1. The number of likely N-dealkylation sites (tertiary alicyclic amines) is 1. The number of methoxy groups -OCH3 is 1. The van der Waals surface area contributed by atoms with Crippen molar-refractivity contribution in [3.63, 3.8) is 0 Å². The van der Waals surface area contributed by atoms with Crippen molar-refractivity contribution < 1.29 is 23.8 Å². The average molecular weight is 392 g/mol. The van der Waals surface area contributed by atoms with Gasteiger partial charge >= 0.3 is 12.1 Å². The van der Waals surface area contributed by atoms with E-state index >= 15 is 0 Å². The molecule has 1 saturated heterocycles. The van der Waals surface area contributed by atoms with Crippen LogP contribution in [-0.4, -0.2) is 61.5 Å². The maximum Gasteiger partial charge on any atom is 0.407 e. The number of alkyl carbamates (subject to hydrolysis) is 1. The lowest BCUT2D eigenvalue weighted by Gasteiger charge is -2.40. The van der Waals surface area contributed by atoms with E-state index in [-0.39, 0.29) is 19.1 Å². The zero-order chi connectivity index (χ0) is 20.6. The van der Waals surface area contributed by atoms with Crippen LogP contribution in [0.25, 0.3) is 0 Å². The van der Waals surface area contributed by atoms with Gasteiger partial charge in [-0.2, -0.15) is 0 Å². The zero-order valence-electron chi connectivity index (χ0n) is 17.3. The minimum Gasteiger partial charge on any atom is -0.460 e. The smallest absolute Gasteiger partial charge is 0.407 e. The molecule has 1 heterocycles. The summed E-state index contributed by atoms with van der Waals surface area (Å²) in [5.74, 6) is -0.236. The number of nitrogens with one attached hydrogen (secondary N) is 1. The summed E-state index contributed by atoms with van der Waals surface area (Å²) >= 11 is 0. The first-order chi connectivity index (χ1) is 13.2. The number of carbonyl (C=O) groups excluding carboxylic acids is 2. The first-order valence-electron chi connectivity index (χ1n) is 9.65. The lowest BCUT2D eigenvalue weighted by Crippen LogP contribution is -2.53. The molecule has 1 fully saturated rings. The van der Waals surface area contributed by atoms with Crippen LogP contribution in [0.5, 0.6) is 0 Å². The number of amides is 1. The normalized spacial score (nSPS) is 17.0. The maximum absolute atomic E-state index is 12.1. The van der Waals surface area contributed by atoms with Gasteiger partial charge in [0.05, 0.1) is 12.1 Å². The molecule has 7 heteroatoms. The highest BCUT2D eigenvalue weighted by atomic mass is 16.6. The summed E-state index contributed by atoms with van der Waals surface area (Å²) in [7, 11) is 1.65. The Balaban J connectivity index is 1.73. The Labute approximate surface area is 167 Å². The van der Waals surface area contributed by atoms with Gasteiger partial charge in [0.25, 0.3) is 0 Å². The molecule has 0 aromatic heterocycles. The van der Waals surface area contributed by atoms with Gasteiger partial charge in [-0.15, -0.1) is 0 Å². The van der Waals surface area contributed by atoms with Crippen LogP contribution in [0.15, 0.2) is 30.3 Å². The van der Waals surface area contributed by atoms with Crippen molar-refractivity contribution in [2.45, 2.75) is 51.4 Å². The molecular formula is C21H32N2O5. The maximum atomic E-state index is 12.1. The molecule has 0 unspecified atom stereocenters. The van der Waals surface area contributed by atoms with E-state index in [1.165, 1.54) is 0 Å². The molecule has 0 aliphatic carbocycles. The summed E-state index contributed by atoms with van der Waals surface area (Å²) in [5, 5.41) is 2.80. The molecule has 1 N–H and O–H groups in total. The van der Waals surface area contributed by atoms with E-state index in [9.17, 15) is 9.59 Å². The lowest BCUT2D eigenvalue weighted by atomic mass is 9.91. The molecule has 0 saturated carbocycles. The van der Waals surface area contributed by atoms with Crippen LogP contribution in [0, 0.1) is 0 Å². The fourth-order valence-electron chi connectivity index (χ4n) is 3.09. The van der Waals surface area contributed by atoms with Gasteiger partial charge in [-0.1, -0.05) is 30.3 Å². The van der Waals surface area contributed by atoms with Crippen LogP contribution in [-0.2, 0) is 25.6 Å². The van der Waals surface area contributed by atoms with Gasteiger partial charge in [0.15, 0.2) is 0 Å². The number of carbonyl (C=O) groups is 2. The number of benzene rings is 1. The highest BCUT2D eigenvalue weighted by Gasteiger charge is 2.36. The van der Waals surface area contributed by atoms with E-state index < -0.39 is 17.3 Å². The van der Waals surface area contributed by atoms with Gasteiger partial charge in [0.1, 0.15) is 12.2 Å². The van der Waals surface area contributed by atoms with Crippen molar-refractivity contribution in [1.82, 2.24) is 10.2 Å². The molecule has 1 aromatic carbocycles. The zero-order valence-corrected chi connectivity index (χ0v) is 17.3. The van der Waals surface area contributed by atoms with Crippen molar-refractivity contribution in [2.24, 2.45) is 0 Å². The number of rotatable bonds is 7. The van der Waals surface area contributed by atoms with E-state index in [1.807, 2.05) is 51.1 Å². The summed E-state index contributed by atoms with van der Waals surface area (Å²) < 4.78 is 16.3. The summed E-state index contributed by atoms with van der Waals surface area (Å²) in [6, 6.07) is 9.63. The predicted molar refractivity (Wildman–Crippen MR) is 106 cm³/mol. The molecular weight excluding hydrogens is 360 g/mol. The van der Waals surface area contributed by atoms with Crippen LogP contribution < -0.4 is 5.32 Å². The Hall–Kier alpha value is -2.12. The Morgan fingerprint density at radius 3 is 2.36 bits per heavy atom. The fourth-order valence-corrected chi connectivity index (χ4v) is 3.09. The molecule has 1 aliphatic heterocycles. The number of esters is 1. The number of piperidine rings is 1. The Morgan fingerprint density at radius 1 is 1.14 bits per heavy atom. The number of hydrogen-bond donors (Lipinski definition) is 1. The van der Waals surface area contributed by atoms with E-state index in [2.05, 4.69) is 10.2 Å². The molecule has 1 aliphatic rings. The quantitative estimate of drug-likeness (QED) is 0.719. The van der Waals surface area contributed by atoms with Crippen LogP contribution in [0.1, 0.15) is 39.2 Å². The van der Waals surface area contributed by atoms with E-state index in [4.69, 9.17) is 14.2 Å². The van der Waals surface area contributed by atoms with Crippen molar-refractivity contribution >= 4 is 12.1 Å². The van der Waals surface area contributed by atoms with Crippen molar-refractivity contribution in [2.75, 3.05) is 33.3 Å². The third-order valence-corrected chi connectivity index (χ3v) is 4.75. The lowest BCUT2D eigenvalue weighted by molar-refractivity contribution is -0.147. The van der Waals surface area contributed by atoms with Gasteiger partial charge < -0.3 is 19.5 Å². The minimum atomic E-state index is -0.534. The molecule has 0 bridgehead atoms.